The zero-order valence-corrected chi connectivity index (χ0v) is 11.1. The van der Waals surface area contributed by atoms with Crippen LogP contribution in [-0.4, -0.2) is 22.8 Å². The molecule has 0 aliphatic carbocycles. The molecule has 0 atom stereocenters. The Morgan fingerprint density at radius 1 is 1.44 bits per heavy atom. The van der Waals surface area contributed by atoms with Crippen LogP contribution >= 0.6 is 15.9 Å². The van der Waals surface area contributed by atoms with Crippen molar-refractivity contribution in [2.45, 2.75) is 20.4 Å². The fourth-order valence-corrected chi connectivity index (χ4v) is 2.15. The second-order valence-electron chi connectivity index (χ2n) is 3.64. The number of hydrogen-bond acceptors (Lipinski definition) is 2. The van der Waals surface area contributed by atoms with Gasteiger partial charge in [0.25, 0.3) is 0 Å². The van der Waals surface area contributed by atoms with E-state index in [1.807, 2.05) is 26.0 Å². The molecule has 2 rings (SSSR count). The van der Waals surface area contributed by atoms with Crippen LogP contribution in [0, 0.1) is 6.92 Å². The van der Waals surface area contributed by atoms with Gasteiger partial charge in [-0.25, -0.2) is 4.98 Å². The molecular weight excluding hydrogens is 268 g/mol. The molecule has 1 heterocycles. The smallest absolute Gasteiger partial charge is 0.106 e. The Morgan fingerprint density at radius 2 is 2.25 bits per heavy atom. The first kappa shape index (κ1) is 11.6. The van der Waals surface area contributed by atoms with Crippen molar-refractivity contribution < 1.29 is 4.74 Å². The number of fused-ring (bicyclic) bond motifs is 1. The van der Waals surface area contributed by atoms with Gasteiger partial charge in [-0.3, -0.25) is 0 Å². The molecule has 86 valence electrons. The van der Waals surface area contributed by atoms with E-state index in [4.69, 9.17) is 4.74 Å². The van der Waals surface area contributed by atoms with Crippen molar-refractivity contribution in [1.82, 2.24) is 9.55 Å². The summed E-state index contributed by atoms with van der Waals surface area (Å²) in [6.45, 7) is 6.38. The van der Waals surface area contributed by atoms with Gasteiger partial charge in [0.1, 0.15) is 5.82 Å². The summed E-state index contributed by atoms with van der Waals surface area (Å²) in [5.41, 5.74) is 2.20. The third-order valence-corrected chi connectivity index (χ3v) is 3.06. The van der Waals surface area contributed by atoms with Crippen molar-refractivity contribution in [3.63, 3.8) is 0 Å². The minimum Gasteiger partial charge on any atom is -0.380 e. The Bertz CT molecular complexity index is 493. The lowest BCUT2D eigenvalue weighted by atomic mass is 10.3. The van der Waals surface area contributed by atoms with E-state index >= 15 is 0 Å². The van der Waals surface area contributed by atoms with Crippen molar-refractivity contribution in [2.75, 3.05) is 13.2 Å². The standard InChI is InChI=1S/C12H15BrN2O/c1-3-16-7-6-15-9(2)14-11-5-4-10(13)8-12(11)15/h4-5,8H,3,6-7H2,1-2H3. The SMILES string of the molecule is CCOCCn1c(C)nc2ccc(Br)cc21. The highest BCUT2D eigenvalue weighted by Gasteiger charge is 2.06. The number of halogens is 1. The number of nitrogens with zero attached hydrogens (tertiary/aromatic N) is 2. The maximum absolute atomic E-state index is 5.38. The molecule has 0 aliphatic rings. The molecule has 4 heteroatoms. The van der Waals surface area contributed by atoms with E-state index < -0.39 is 0 Å². The van der Waals surface area contributed by atoms with E-state index in [9.17, 15) is 0 Å². The highest BCUT2D eigenvalue weighted by atomic mass is 79.9. The third kappa shape index (κ3) is 2.28. The molecule has 0 fully saturated rings. The molecule has 0 N–H and O–H groups in total. The largest absolute Gasteiger partial charge is 0.380 e. The molecule has 1 aromatic carbocycles. The fraction of sp³-hybridized carbons (Fsp3) is 0.417. The number of hydrogen-bond donors (Lipinski definition) is 0. The van der Waals surface area contributed by atoms with Crippen molar-refractivity contribution in [3.8, 4) is 0 Å². The average molecular weight is 283 g/mol. The summed E-state index contributed by atoms with van der Waals surface area (Å²) in [6, 6.07) is 6.15. The number of aryl methyl sites for hydroxylation is 1. The van der Waals surface area contributed by atoms with Crippen LogP contribution in [0.1, 0.15) is 12.7 Å². The zero-order chi connectivity index (χ0) is 11.5. The maximum Gasteiger partial charge on any atom is 0.106 e. The number of benzene rings is 1. The van der Waals surface area contributed by atoms with Crippen LogP contribution in [0.4, 0.5) is 0 Å². The third-order valence-electron chi connectivity index (χ3n) is 2.56. The quantitative estimate of drug-likeness (QED) is 0.806. The summed E-state index contributed by atoms with van der Waals surface area (Å²) in [5.74, 6) is 1.04. The van der Waals surface area contributed by atoms with Gasteiger partial charge in [0.05, 0.1) is 17.6 Å². The Labute approximate surface area is 104 Å². The first-order chi connectivity index (χ1) is 7.72. The van der Waals surface area contributed by atoms with E-state index in [0.29, 0.717) is 0 Å². The van der Waals surface area contributed by atoms with Gasteiger partial charge in [0.2, 0.25) is 0 Å². The van der Waals surface area contributed by atoms with Crippen LogP contribution in [0.2, 0.25) is 0 Å². The molecule has 16 heavy (non-hydrogen) atoms. The summed E-state index contributed by atoms with van der Waals surface area (Å²) in [7, 11) is 0. The monoisotopic (exact) mass is 282 g/mol. The van der Waals surface area contributed by atoms with Crippen LogP contribution in [0.25, 0.3) is 11.0 Å². The Hall–Kier alpha value is -0.870. The summed E-state index contributed by atoms with van der Waals surface area (Å²) in [6.07, 6.45) is 0. The Morgan fingerprint density at radius 3 is 3.00 bits per heavy atom. The van der Waals surface area contributed by atoms with Crippen LogP contribution < -0.4 is 0 Å². The van der Waals surface area contributed by atoms with Crippen LogP contribution in [0.3, 0.4) is 0 Å². The molecule has 0 saturated heterocycles. The molecule has 0 amide bonds. The number of imidazole rings is 1. The van der Waals surface area contributed by atoms with Gasteiger partial charge in [-0.1, -0.05) is 15.9 Å². The minimum absolute atomic E-state index is 0.731. The summed E-state index contributed by atoms with van der Waals surface area (Å²) >= 11 is 3.49. The van der Waals surface area contributed by atoms with Gasteiger partial charge in [-0.15, -0.1) is 0 Å². The lowest BCUT2D eigenvalue weighted by Crippen LogP contribution is -2.07. The minimum atomic E-state index is 0.731. The van der Waals surface area contributed by atoms with E-state index in [0.717, 1.165) is 41.1 Å². The van der Waals surface area contributed by atoms with Crippen molar-refractivity contribution in [3.05, 3.63) is 28.5 Å². The summed E-state index contributed by atoms with van der Waals surface area (Å²) < 4.78 is 8.65. The lowest BCUT2D eigenvalue weighted by Gasteiger charge is -2.06. The van der Waals surface area contributed by atoms with Crippen LogP contribution in [0.5, 0.6) is 0 Å². The second kappa shape index (κ2) is 4.97. The molecule has 0 unspecified atom stereocenters. The molecule has 0 aliphatic heterocycles. The molecule has 0 saturated carbocycles. The van der Waals surface area contributed by atoms with Crippen molar-refractivity contribution >= 4 is 27.0 Å². The molecular formula is C12H15BrN2O. The van der Waals surface area contributed by atoms with Gasteiger partial charge in [-0.2, -0.15) is 0 Å². The van der Waals surface area contributed by atoms with Crippen LogP contribution in [-0.2, 0) is 11.3 Å². The highest BCUT2D eigenvalue weighted by molar-refractivity contribution is 9.10. The van der Waals surface area contributed by atoms with E-state index in [-0.39, 0.29) is 0 Å². The van der Waals surface area contributed by atoms with Gasteiger partial charge >= 0.3 is 0 Å². The van der Waals surface area contributed by atoms with Crippen LogP contribution in [0.15, 0.2) is 22.7 Å². The lowest BCUT2D eigenvalue weighted by molar-refractivity contribution is 0.139. The molecule has 0 spiro atoms. The molecule has 3 nitrogen and oxygen atoms in total. The average Bonchev–Trinajstić information content (AvgIpc) is 2.56. The molecule has 1 aromatic heterocycles. The summed E-state index contributed by atoms with van der Waals surface area (Å²) in [5, 5.41) is 0. The van der Waals surface area contributed by atoms with Gasteiger partial charge in [0, 0.05) is 17.6 Å². The van der Waals surface area contributed by atoms with Gasteiger partial charge in [0.15, 0.2) is 0 Å². The second-order valence-corrected chi connectivity index (χ2v) is 4.56. The maximum atomic E-state index is 5.38. The fourth-order valence-electron chi connectivity index (χ4n) is 1.80. The molecule has 2 aromatic rings. The highest BCUT2D eigenvalue weighted by Crippen LogP contribution is 2.20. The normalized spacial score (nSPS) is 11.2. The first-order valence-corrected chi connectivity index (χ1v) is 6.22. The topological polar surface area (TPSA) is 27.1 Å². The predicted molar refractivity (Wildman–Crippen MR) is 68.7 cm³/mol. The van der Waals surface area contributed by atoms with E-state index in [1.54, 1.807) is 0 Å². The van der Waals surface area contributed by atoms with Crippen molar-refractivity contribution in [2.24, 2.45) is 0 Å². The Kier molecular flexibility index (Phi) is 3.61. The van der Waals surface area contributed by atoms with E-state index in [1.165, 1.54) is 0 Å². The van der Waals surface area contributed by atoms with Gasteiger partial charge in [-0.05, 0) is 32.0 Å². The van der Waals surface area contributed by atoms with Gasteiger partial charge < -0.3 is 9.30 Å². The first-order valence-electron chi connectivity index (χ1n) is 5.42. The van der Waals surface area contributed by atoms with E-state index in [2.05, 4.69) is 31.5 Å². The molecule has 0 bridgehead atoms. The summed E-state index contributed by atoms with van der Waals surface area (Å²) in [4.78, 5) is 4.52. The predicted octanol–water partition coefficient (Wildman–Crippen LogP) is 3.14. The zero-order valence-electron chi connectivity index (χ0n) is 9.53. The number of rotatable bonds is 4. The number of ether oxygens (including phenoxy) is 1. The van der Waals surface area contributed by atoms with Crippen molar-refractivity contribution in [1.29, 1.82) is 0 Å². The molecule has 0 radical (unpaired) electrons. The number of aromatic nitrogens is 2. The Balaban J connectivity index is 2.34.